The molecule has 0 aliphatic rings. The van der Waals surface area contributed by atoms with Gasteiger partial charge in [-0.25, -0.2) is 0 Å². The van der Waals surface area contributed by atoms with Crippen molar-refractivity contribution in [3.63, 3.8) is 0 Å². The largest absolute Gasteiger partial charge is 0.465 e. The topological polar surface area (TPSA) is 52.3 Å². The molecule has 0 heterocycles. The van der Waals surface area contributed by atoms with E-state index in [2.05, 4.69) is 0 Å². The summed E-state index contributed by atoms with van der Waals surface area (Å²) >= 11 is 1.75. The molecule has 0 unspecified atom stereocenters. The molecule has 16 heavy (non-hydrogen) atoms. The molecule has 0 spiro atoms. The number of para-hydroxylation sites is 1. The molecule has 0 amide bonds. The number of esters is 1. The summed E-state index contributed by atoms with van der Waals surface area (Å²) in [7, 11) is 0. The fraction of sp³-hybridized carbons (Fsp3) is 0.417. The van der Waals surface area contributed by atoms with E-state index in [1.807, 2.05) is 24.5 Å². The number of anilines is 1. The van der Waals surface area contributed by atoms with Crippen molar-refractivity contribution in [3.05, 3.63) is 29.8 Å². The van der Waals surface area contributed by atoms with Crippen molar-refractivity contribution in [1.82, 2.24) is 0 Å². The van der Waals surface area contributed by atoms with Crippen molar-refractivity contribution in [1.29, 1.82) is 0 Å². The first-order valence-corrected chi connectivity index (χ1v) is 6.61. The van der Waals surface area contributed by atoms with E-state index < -0.39 is 0 Å². The van der Waals surface area contributed by atoms with E-state index in [0.29, 0.717) is 12.3 Å². The zero-order valence-electron chi connectivity index (χ0n) is 9.44. The summed E-state index contributed by atoms with van der Waals surface area (Å²) in [5, 5.41) is 0. The van der Waals surface area contributed by atoms with Crippen LogP contribution >= 0.6 is 11.8 Å². The van der Waals surface area contributed by atoms with E-state index >= 15 is 0 Å². The van der Waals surface area contributed by atoms with Gasteiger partial charge in [0.25, 0.3) is 0 Å². The third-order valence-electron chi connectivity index (χ3n) is 2.15. The smallest absolute Gasteiger partial charge is 0.310 e. The van der Waals surface area contributed by atoms with Crippen LogP contribution in [-0.4, -0.2) is 24.6 Å². The Bertz CT molecular complexity index is 342. The van der Waals surface area contributed by atoms with Crippen molar-refractivity contribution < 1.29 is 9.53 Å². The van der Waals surface area contributed by atoms with Gasteiger partial charge in [0, 0.05) is 5.69 Å². The number of thioether (sulfide) groups is 1. The van der Waals surface area contributed by atoms with Crippen LogP contribution in [0, 0.1) is 0 Å². The average Bonchev–Trinajstić information content (AvgIpc) is 2.28. The molecule has 88 valence electrons. The number of ether oxygens (including phenoxy) is 1. The predicted octanol–water partition coefficient (Wildman–Crippen LogP) is 2.11. The van der Waals surface area contributed by atoms with Crippen molar-refractivity contribution in [2.24, 2.45) is 0 Å². The molecule has 0 saturated carbocycles. The number of rotatable bonds is 6. The Hall–Kier alpha value is -1.16. The Balaban J connectivity index is 2.32. The van der Waals surface area contributed by atoms with Gasteiger partial charge in [-0.1, -0.05) is 18.2 Å². The highest BCUT2D eigenvalue weighted by Crippen LogP contribution is 2.11. The number of carbonyl (C=O) groups excluding carboxylic acids is 1. The Morgan fingerprint density at radius 2 is 2.19 bits per heavy atom. The van der Waals surface area contributed by atoms with E-state index in [1.54, 1.807) is 17.8 Å². The van der Waals surface area contributed by atoms with Crippen molar-refractivity contribution in [3.8, 4) is 0 Å². The molecule has 2 N–H and O–H groups in total. The molecule has 0 aliphatic heterocycles. The molecule has 1 rings (SSSR count). The van der Waals surface area contributed by atoms with E-state index in [-0.39, 0.29) is 12.4 Å². The number of benzene rings is 1. The van der Waals surface area contributed by atoms with Gasteiger partial charge in [0.15, 0.2) is 0 Å². The summed E-state index contributed by atoms with van der Waals surface area (Å²) in [6.45, 7) is 0.492. The van der Waals surface area contributed by atoms with Gasteiger partial charge in [0.05, 0.1) is 13.0 Å². The maximum absolute atomic E-state index is 11.4. The van der Waals surface area contributed by atoms with Crippen LogP contribution in [0.2, 0.25) is 0 Å². The molecule has 0 aliphatic carbocycles. The van der Waals surface area contributed by atoms with Crippen LogP contribution in [0.3, 0.4) is 0 Å². The van der Waals surface area contributed by atoms with Crippen LogP contribution in [0.4, 0.5) is 5.69 Å². The van der Waals surface area contributed by atoms with Crippen LogP contribution in [0.25, 0.3) is 0 Å². The molecule has 0 radical (unpaired) electrons. The SMILES string of the molecule is CSCCCOC(=O)Cc1ccccc1N. The first-order chi connectivity index (χ1) is 7.74. The molecule has 0 fully saturated rings. The molecule has 0 bridgehead atoms. The molecule has 1 aromatic rings. The summed E-state index contributed by atoms with van der Waals surface area (Å²) in [4.78, 5) is 11.4. The average molecular weight is 239 g/mol. The summed E-state index contributed by atoms with van der Waals surface area (Å²) < 4.78 is 5.10. The third kappa shape index (κ3) is 4.57. The number of hydrogen-bond acceptors (Lipinski definition) is 4. The molecule has 0 saturated heterocycles. The highest BCUT2D eigenvalue weighted by molar-refractivity contribution is 7.98. The zero-order chi connectivity index (χ0) is 11.8. The Kier molecular flexibility index (Phi) is 5.78. The van der Waals surface area contributed by atoms with Crippen LogP contribution in [-0.2, 0) is 16.0 Å². The lowest BCUT2D eigenvalue weighted by Crippen LogP contribution is -2.10. The standard InChI is InChI=1S/C12H17NO2S/c1-16-8-4-7-15-12(14)9-10-5-2-3-6-11(10)13/h2-3,5-6H,4,7-9,13H2,1H3. The van der Waals surface area contributed by atoms with Gasteiger partial charge < -0.3 is 10.5 Å². The maximum atomic E-state index is 11.4. The second kappa shape index (κ2) is 7.17. The highest BCUT2D eigenvalue weighted by atomic mass is 32.2. The minimum Gasteiger partial charge on any atom is -0.465 e. The Labute approximate surface area is 100 Å². The minimum absolute atomic E-state index is 0.209. The first-order valence-electron chi connectivity index (χ1n) is 5.22. The molecule has 1 aromatic carbocycles. The van der Waals surface area contributed by atoms with Gasteiger partial charge >= 0.3 is 5.97 Å². The molecule has 3 nitrogen and oxygen atoms in total. The fourth-order valence-electron chi connectivity index (χ4n) is 1.29. The molecule has 4 heteroatoms. The summed E-state index contributed by atoms with van der Waals surface area (Å²) in [5.41, 5.74) is 7.21. The Morgan fingerprint density at radius 3 is 2.88 bits per heavy atom. The number of nitrogen functional groups attached to an aromatic ring is 1. The summed E-state index contributed by atoms with van der Waals surface area (Å²) in [5.74, 6) is 0.805. The minimum atomic E-state index is -0.209. The lowest BCUT2D eigenvalue weighted by Gasteiger charge is -2.06. The van der Waals surface area contributed by atoms with Crippen molar-refractivity contribution >= 4 is 23.4 Å². The van der Waals surface area contributed by atoms with Crippen LogP contribution in [0.5, 0.6) is 0 Å². The van der Waals surface area contributed by atoms with Gasteiger partial charge in [0.2, 0.25) is 0 Å². The second-order valence-corrected chi connectivity index (χ2v) is 4.43. The van der Waals surface area contributed by atoms with Crippen molar-refractivity contribution in [2.75, 3.05) is 24.3 Å². The van der Waals surface area contributed by atoms with Gasteiger partial charge in [0.1, 0.15) is 0 Å². The maximum Gasteiger partial charge on any atom is 0.310 e. The lowest BCUT2D eigenvalue weighted by molar-refractivity contribution is -0.142. The predicted molar refractivity (Wildman–Crippen MR) is 68.5 cm³/mol. The first kappa shape index (κ1) is 12.9. The highest BCUT2D eigenvalue weighted by Gasteiger charge is 2.06. The van der Waals surface area contributed by atoms with Crippen LogP contribution < -0.4 is 5.73 Å². The van der Waals surface area contributed by atoms with Crippen LogP contribution in [0.1, 0.15) is 12.0 Å². The number of carbonyl (C=O) groups is 1. The van der Waals surface area contributed by atoms with E-state index in [0.717, 1.165) is 17.7 Å². The Morgan fingerprint density at radius 1 is 1.44 bits per heavy atom. The summed E-state index contributed by atoms with van der Waals surface area (Å²) in [6, 6.07) is 7.35. The molecular formula is C12H17NO2S. The fourth-order valence-corrected chi connectivity index (χ4v) is 1.70. The van der Waals surface area contributed by atoms with Gasteiger partial charge in [-0.15, -0.1) is 0 Å². The molecule has 0 aromatic heterocycles. The van der Waals surface area contributed by atoms with E-state index in [9.17, 15) is 4.79 Å². The summed E-state index contributed by atoms with van der Waals surface area (Å²) in [6.07, 6.45) is 3.19. The monoisotopic (exact) mass is 239 g/mol. The molecular weight excluding hydrogens is 222 g/mol. The normalized spacial score (nSPS) is 10.1. The second-order valence-electron chi connectivity index (χ2n) is 3.44. The quantitative estimate of drug-likeness (QED) is 0.469. The number of nitrogens with two attached hydrogens (primary N) is 1. The van der Waals surface area contributed by atoms with Gasteiger partial charge in [-0.05, 0) is 30.1 Å². The van der Waals surface area contributed by atoms with Gasteiger partial charge in [-0.3, -0.25) is 4.79 Å². The third-order valence-corrected chi connectivity index (χ3v) is 2.84. The molecule has 0 atom stereocenters. The lowest BCUT2D eigenvalue weighted by atomic mass is 10.1. The van der Waals surface area contributed by atoms with E-state index in [4.69, 9.17) is 10.5 Å². The van der Waals surface area contributed by atoms with Gasteiger partial charge in [-0.2, -0.15) is 11.8 Å². The van der Waals surface area contributed by atoms with E-state index in [1.165, 1.54) is 0 Å². The zero-order valence-corrected chi connectivity index (χ0v) is 10.3. The van der Waals surface area contributed by atoms with Crippen LogP contribution in [0.15, 0.2) is 24.3 Å². The number of hydrogen-bond donors (Lipinski definition) is 1. The van der Waals surface area contributed by atoms with Crippen molar-refractivity contribution in [2.45, 2.75) is 12.8 Å².